The number of rotatable bonds is 2. The third kappa shape index (κ3) is 2.55. The molecule has 104 valence electrons. The largest absolute Gasteiger partial charge is 0.478 e. The summed E-state index contributed by atoms with van der Waals surface area (Å²) in [5, 5.41) is 8.69. The highest BCUT2D eigenvalue weighted by molar-refractivity contribution is 7.99. The van der Waals surface area contributed by atoms with Crippen LogP contribution >= 0.6 is 11.8 Å². The molecule has 0 saturated heterocycles. The van der Waals surface area contributed by atoms with Crippen LogP contribution in [0.2, 0.25) is 0 Å². The lowest BCUT2D eigenvalue weighted by Gasteiger charge is -2.30. The quantitative estimate of drug-likeness (QED) is 0.862. The third-order valence-corrected chi connectivity index (χ3v) is 4.15. The molecule has 1 aliphatic rings. The summed E-state index contributed by atoms with van der Waals surface area (Å²) >= 11 is 1.59. The Labute approximate surface area is 125 Å². The second kappa shape index (κ2) is 5.46. The van der Waals surface area contributed by atoms with Gasteiger partial charge in [-0.1, -0.05) is 36.0 Å². The van der Waals surface area contributed by atoms with Gasteiger partial charge in [-0.05, 0) is 24.3 Å². The number of hydrogen-bond acceptors (Lipinski definition) is 3. The van der Waals surface area contributed by atoms with E-state index >= 15 is 0 Å². The SMILES string of the molecule is O=C(O)/C=C\C(=O)N1c2ccccc2Sc2ccccc21. The van der Waals surface area contributed by atoms with E-state index in [1.807, 2.05) is 48.5 Å². The molecule has 1 aliphatic heterocycles. The zero-order valence-electron chi connectivity index (χ0n) is 10.9. The molecule has 1 heterocycles. The molecule has 2 aromatic rings. The lowest BCUT2D eigenvalue weighted by atomic mass is 10.2. The number of carboxylic acids is 1. The molecule has 3 rings (SSSR count). The Kier molecular flexibility index (Phi) is 3.50. The lowest BCUT2D eigenvalue weighted by molar-refractivity contribution is -0.131. The van der Waals surface area contributed by atoms with Gasteiger partial charge < -0.3 is 5.11 Å². The molecule has 0 bridgehead atoms. The van der Waals surface area contributed by atoms with Crippen molar-refractivity contribution in [3.05, 3.63) is 60.7 Å². The minimum Gasteiger partial charge on any atom is -0.478 e. The summed E-state index contributed by atoms with van der Waals surface area (Å²) in [6.45, 7) is 0. The molecule has 0 saturated carbocycles. The van der Waals surface area contributed by atoms with Gasteiger partial charge in [0.25, 0.3) is 5.91 Å². The van der Waals surface area contributed by atoms with Crippen LogP contribution in [0.4, 0.5) is 11.4 Å². The highest BCUT2D eigenvalue weighted by Gasteiger charge is 2.26. The maximum absolute atomic E-state index is 12.4. The zero-order chi connectivity index (χ0) is 14.8. The van der Waals surface area contributed by atoms with Crippen molar-refractivity contribution >= 4 is 35.0 Å². The first-order chi connectivity index (χ1) is 10.2. The average molecular weight is 297 g/mol. The van der Waals surface area contributed by atoms with Crippen LogP contribution in [-0.4, -0.2) is 17.0 Å². The van der Waals surface area contributed by atoms with Crippen LogP contribution in [0.3, 0.4) is 0 Å². The van der Waals surface area contributed by atoms with Crippen molar-refractivity contribution < 1.29 is 14.7 Å². The van der Waals surface area contributed by atoms with Gasteiger partial charge in [-0.25, -0.2) is 4.79 Å². The lowest BCUT2D eigenvalue weighted by Crippen LogP contribution is -2.26. The van der Waals surface area contributed by atoms with Crippen molar-refractivity contribution in [2.45, 2.75) is 9.79 Å². The fourth-order valence-electron chi connectivity index (χ4n) is 2.16. The Balaban J connectivity index is 2.10. The molecule has 1 N–H and O–H groups in total. The zero-order valence-corrected chi connectivity index (χ0v) is 11.7. The number of anilines is 2. The molecule has 0 atom stereocenters. The Hall–Kier alpha value is -2.53. The molecule has 0 unspecified atom stereocenters. The first-order valence-corrected chi connectivity index (χ1v) is 7.09. The molecule has 4 nitrogen and oxygen atoms in total. The van der Waals surface area contributed by atoms with Gasteiger partial charge in [0.1, 0.15) is 0 Å². The van der Waals surface area contributed by atoms with Crippen LogP contribution in [-0.2, 0) is 9.59 Å². The molecule has 21 heavy (non-hydrogen) atoms. The minimum absolute atomic E-state index is 0.377. The topological polar surface area (TPSA) is 57.6 Å². The second-order valence-electron chi connectivity index (χ2n) is 4.38. The summed E-state index contributed by atoms with van der Waals surface area (Å²) in [6.07, 6.45) is 1.93. The van der Waals surface area contributed by atoms with Gasteiger partial charge in [-0.2, -0.15) is 0 Å². The molecule has 0 radical (unpaired) electrons. The number of amides is 1. The molecule has 0 spiro atoms. The Morgan fingerprint density at radius 2 is 1.43 bits per heavy atom. The van der Waals surface area contributed by atoms with Crippen LogP contribution < -0.4 is 4.90 Å². The molecule has 5 heteroatoms. The number of carboxylic acid groups (broad SMARTS) is 1. The standard InChI is InChI=1S/C16H11NO3S/c18-15(9-10-16(19)20)17-11-5-1-3-7-13(11)21-14-8-4-2-6-12(14)17/h1-10H,(H,19,20)/b10-9-. The van der Waals surface area contributed by atoms with Crippen LogP contribution in [0, 0.1) is 0 Å². The van der Waals surface area contributed by atoms with Crippen LogP contribution in [0.15, 0.2) is 70.5 Å². The van der Waals surface area contributed by atoms with E-state index in [0.29, 0.717) is 0 Å². The number of para-hydroxylation sites is 2. The molecular formula is C16H11NO3S. The van der Waals surface area contributed by atoms with Crippen LogP contribution in [0.1, 0.15) is 0 Å². The van der Waals surface area contributed by atoms with E-state index in [1.54, 1.807) is 16.7 Å². The van der Waals surface area contributed by atoms with E-state index in [1.165, 1.54) is 0 Å². The van der Waals surface area contributed by atoms with Gasteiger partial charge in [-0.15, -0.1) is 0 Å². The number of carbonyl (C=O) groups excluding carboxylic acids is 1. The molecule has 0 fully saturated rings. The Bertz CT molecular complexity index is 709. The summed E-state index contributed by atoms with van der Waals surface area (Å²) in [7, 11) is 0. The van der Waals surface area contributed by atoms with E-state index in [0.717, 1.165) is 33.3 Å². The average Bonchev–Trinajstić information content (AvgIpc) is 2.50. The fourth-order valence-corrected chi connectivity index (χ4v) is 3.22. The Morgan fingerprint density at radius 3 is 1.95 bits per heavy atom. The Morgan fingerprint density at radius 1 is 0.905 bits per heavy atom. The molecular weight excluding hydrogens is 286 g/mol. The normalized spacial score (nSPS) is 12.9. The number of fused-ring (bicyclic) bond motifs is 2. The summed E-state index contributed by atoms with van der Waals surface area (Å²) in [5.74, 6) is -1.52. The first kappa shape index (κ1) is 13.5. The van der Waals surface area contributed by atoms with Gasteiger partial charge in [-0.3, -0.25) is 9.69 Å². The summed E-state index contributed by atoms with van der Waals surface area (Å²) in [4.78, 5) is 26.5. The van der Waals surface area contributed by atoms with Gasteiger partial charge in [0.05, 0.1) is 11.4 Å². The molecule has 2 aromatic carbocycles. The van der Waals surface area contributed by atoms with E-state index in [4.69, 9.17) is 5.11 Å². The highest BCUT2D eigenvalue weighted by atomic mass is 32.2. The molecule has 1 amide bonds. The first-order valence-electron chi connectivity index (χ1n) is 6.28. The van der Waals surface area contributed by atoms with E-state index in [9.17, 15) is 9.59 Å². The van der Waals surface area contributed by atoms with Crippen molar-refractivity contribution in [1.29, 1.82) is 0 Å². The number of carbonyl (C=O) groups is 2. The van der Waals surface area contributed by atoms with Crippen molar-refractivity contribution in [2.75, 3.05) is 4.90 Å². The van der Waals surface area contributed by atoms with Crippen molar-refractivity contribution in [3.8, 4) is 0 Å². The predicted octanol–water partition coefficient (Wildman–Crippen LogP) is 3.46. The maximum atomic E-state index is 12.4. The summed E-state index contributed by atoms with van der Waals surface area (Å²) in [6, 6.07) is 15.1. The molecule has 0 aromatic heterocycles. The van der Waals surface area contributed by atoms with Crippen molar-refractivity contribution in [3.63, 3.8) is 0 Å². The number of aliphatic carboxylic acids is 1. The second-order valence-corrected chi connectivity index (χ2v) is 5.47. The van der Waals surface area contributed by atoms with E-state index < -0.39 is 5.97 Å². The van der Waals surface area contributed by atoms with E-state index in [2.05, 4.69) is 0 Å². The van der Waals surface area contributed by atoms with Gasteiger partial charge in [0.2, 0.25) is 0 Å². The van der Waals surface area contributed by atoms with Gasteiger partial charge >= 0.3 is 5.97 Å². The highest BCUT2D eigenvalue weighted by Crippen LogP contribution is 2.47. The van der Waals surface area contributed by atoms with Crippen LogP contribution in [0.5, 0.6) is 0 Å². The maximum Gasteiger partial charge on any atom is 0.328 e. The minimum atomic E-state index is -1.14. The number of nitrogens with zero attached hydrogens (tertiary/aromatic N) is 1. The van der Waals surface area contributed by atoms with E-state index in [-0.39, 0.29) is 5.91 Å². The van der Waals surface area contributed by atoms with Gasteiger partial charge in [0.15, 0.2) is 0 Å². The van der Waals surface area contributed by atoms with Crippen molar-refractivity contribution in [2.24, 2.45) is 0 Å². The smallest absolute Gasteiger partial charge is 0.328 e. The van der Waals surface area contributed by atoms with Crippen molar-refractivity contribution in [1.82, 2.24) is 0 Å². The number of benzene rings is 2. The fraction of sp³-hybridized carbons (Fsp3) is 0. The third-order valence-electron chi connectivity index (χ3n) is 3.02. The monoisotopic (exact) mass is 297 g/mol. The number of hydrogen-bond donors (Lipinski definition) is 1. The summed E-state index contributed by atoms with van der Waals surface area (Å²) in [5.41, 5.74) is 1.53. The van der Waals surface area contributed by atoms with Crippen LogP contribution in [0.25, 0.3) is 0 Å². The molecule has 0 aliphatic carbocycles. The summed E-state index contributed by atoms with van der Waals surface area (Å²) < 4.78 is 0. The van der Waals surface area contributed by atoms with Gasteiger partial charge in [0, 0.05) is 21.9 Å². The predicted molar refractivity (Wildman–Crippen MR) is 80.9 cm³/mol.